The number of Topliss-reactive ketones (excluding diaryl/α,β-unsaturated/α-hetero) is 1. The van der Waals surface area contributed by atoms with E-state index in [2.05, 4.69) is 22.6 Å². The minimum Gasteiger partial charge on any atom is -0.294 e. The lowest BCUT2D eigenvalue weighted by Gasteiger charge is -2.03. The Morgan fingerprint density at radius 1 is 1.06 bits per heavy atom. The summed E-state index contributed by atoms with van der Waals surface area (Å²) in [7, 11) is 0. The largest absolute Gasteiger partial charge is 0.294 e. The normalized spacial score (nSPS) is 10.4. The second-order valence-electron chi connectivity index (χ2n) is 3.83. The SMILES string of the molecule is O=C(Cc1ccc(I)cc1)c1cccc(F)c1F. The van der Waals surface area contributed by atoms with Crippen LogP contribution in [0.3, 0.4) is 0 Å². The number of hydrogen-bond donors (Lipinski definition) is 0. The van der Waals surface area contributed by atoms with Crippen LogP contribution in [-0.2, 0) is 6.42 Å². The van der Waals surface area contributed by atoms with Gasteiger partial charge in [0.05, 0.1) is 5.56 Å². The van der Waals surface area contributed by atoms with E-state index >= 15 is 0 Å². The molecule has 0 saturated heterocycles. The van der Waals surface area contributed by atoms with Crippen LogP contribution in [0.1, 0.15) is 15.9 Å². The minimum atomic E-state index is -1.08. The highest BCUT2D eigenvalue weighted by Gasteiger charge is 2.15. The lowest BCUT2D eigenvalue weighted by molar-refractivity contribution is 0.0988. The summed E-state index contributed by atoms with van der Waals surface area (Å²) in [6, 6.07) is 11.0. The van der Waals surface area contributed by atoms with Gasteiger partial charge >= 0.3 is 0 Å². The molecule has 0 aliphatic carbocycles. The summed E-state index contributed by atoms with van der Waals surface area (Å²) < 4.78 is 27.5. The number of benzene rings is 2. The van der Waals surface area contributed by atoms with E-state index in [0.717, 1.165) is 15.2 Å². The van der Waals surface area contributed by atoms with E-state index in [1.807, 2.05) is 12.1 Å². The lowest BCUT2D eigenvalue weighted by atomic mass is 10.0. The van der Waals surface area contributed by atoms with Crippen LogP contribution in [0, 0.1) is 15.2 Å². The van der Waals surface area contributed by atoms with Crippen molar-refractivity contribution < 1.29 is 13.6 Å². The van der Waals surface area contributed by atoms with Crippen molar-refractivity contribution >= 4 is 28.4 Å². The van der Waals surface area contributed by atoms with E-state index in [9.17, 15) is 13.6 Å². The molecule has 2 aromatic rings. The summed E-state index contributed by atoms with van der Waals surface area (Å²) in [6.45, 7) is 0. The van der Waals surface area contributed by atoms with Crippen molar-refractivity contribution in [3.63, 3.8) is 0 Å². The van der Waals surface area contributed by atoms with Crippen molar-refractivity contribution in [3.05, 3.63) is 68.8 Å². The maximum absolute atomic E-state index is 13.4. The zero-order chi connectivity index (χ0) is 13.1. The number of carbonyl (C=O) groups is 1. The highest BCUT2D eigenvalue weighted by Crippen LogP contribution is 2.15. The Morgan fingerprint density at radius 2 is 1.72 bits per heavy atom. The van der Waals surface area contributed by atoms with Crippen LogP contribution in [0.5, 0.6) is 0 Å². The third-order valence-electron chi connectivity index (χ3n) is 2.53. The minimum absolute atomic E-state index is 0.0668. The van der Waals surface area contributed by atoms with Gasteiger partial charge in [-0.15, -0.1) is 0 Å². The average molecular weight is 358 g/mol. The third kappa shape index (κ3) is 2.93. The van der Waals surface area contributed by atoms with E-state index in [-0.39, 0.29) is 12.0 Å². The maximum Gasteiger partial charge on any atom is 0.170 e. The van der Waals surface area contributed by atoms with Crippen molar-refractivity contribution in [1.82, 2.24) is 0 Å². The fourth-order valence-electron chi connectivity index (χ4n) is 1.60. The Morgan fingerprint density at radius 3 is 2.39 bits per heavy atom. The molecule has 0 heterocycles. The summed E-state index contributed by atoms with van der Waals surface area (Å²) >= 11 is 2.16. The smallest absolute Gasteiger partial charge is 0.170 e. The van der Waals surface area contributed by atoms with Gasteiger partial charge in [-0.2, -0.15) is 0 Å². The molecule has 0 unspecified atom stereocenters. The summed E-state index contributed by atoms with van der Waals surface area (Å²) in [6.07, 6.45) is 0.0668. The van der Waals surface area contributed by atoms with Crippen molar-refractivity contribution in [2.75, 3.05) is 0 Å². The Labute approximate surface area is 117 Å². The van der Waals surface area contributed by atoms with Gasteiger partial charge in [-0.05, 0) is 52.4 Å². The molecule has 0 bridgehead atoms. The van der Waals surface area contributed by atoms with Gasteiger partial charge in [0.25, 0.3) is 0 Å². The van der Waals surface area contributed by atoms with Gasteiger partial charge < -0.3 is 0 Å². The van der Waals surface area contributed by atoms with E-state index < -0.39 is 17.4 Å². The molecule has 0 aliphatic rings. The first kappa shape index (κ1) is 13.1. The van der Waals surface area contributed by atoms with Crippen molar-refractivity contribution in [2.45, 2.75) is 6.42 Å². The van der Waals surface area contributed by atoms with Gasteiger partial charge in [0.15, 0.2) is 17.4 Å². The van der Waals surface area contributed by atoms with Gasteiger partial charge in [0.1, 0.15) is 0 Å². The van der Waals surface area contributed by atoms with Crippen LogP contribution >= 0.6 is 22.6 Å². The Balaban J connectivity index is 2.22. The standard InChI is InChI=1S/C14H9F2IO/c15-12-3-1-2-11(14(12)16)13(18)8-9-4-6-10(17)7-5-9/h1-7H,8H2. The van der Waals surface area contributed by atoms with E-state index in [0.29, 0.717) is 0 Å². The van der Waals surface area contributed by atoms with Crippen molar-refractivity contribution in [1.29, 1.82) is 0 Å². The number of hydrogen-bond acceptors (Lipinski definition) is 1. The van der Waals surface area contributed by atoms with Crippen LogP contribution in [-0.4, -0.2) is 5.78 Å². The summed E-state index contributed by atoms with van der Waals surface area (Å²) in [4.78, 5) is 11.9. The average Bonchev–Trinajstić information content (AvgIpc) is 2.35. The van der Waals surface area contributed by atoms with Crippen LogP contribution in [0.2, 0.25) is 0 Å². The third-order valence-corrected chi connectivity index (χ3v) is 3.25. The highest BCUT2D eigenvalue weighted by atomic mass is 127. The molecule has 4 heteroatoms. The molecule has 1 nitrogen and oxygen atoms in total. The van der Waals surface area contributed by atoms with Gasteiger partial charge in [0.2, 0.25) is 0 Å². The van der Waals surface area contributed by atoms with Gasteiger partial charge in [-0.1, -0.05) is 18.2 Å². The van der Waals surface area contributed by atoms with Gasteiger partial charge in [-0.3, -0.25) is 4.79 Å². The first-order valence-corrected chi connectivity index (χ1v) is 6.37. The summed E-state index contributed by atoms with van der Waals surface area (Å²) in [5.74, 6) is -2.50. The van der Waals surface area contributed by atoms with Crippen LogP contribution in [0.15, 0.2) is 42.5 Å². The number of halogens is 3. The molecule has 0 N–H and O–H groups in total. The fraction of sp³-hybridized carbons (Fsp3) is 0.0714. The predicted octanol–water partition coefficient (Wildman–Crippen LogP) is 3.99. The molecule has 0 atom stereocenters. The molecule has 0 saturated carbocycles. The van der Waals surface area contributed by atoms with Crippen LogP contribution in [0.25, 0.3) is 0 Å². The van der Waals surface area contributed by atoms with Gasteiger partial charge in [-0.25, -0.2) is 8.78 Å². The Bertz CT molecular complexity index is 579. The number of rotatable bonds is 3. The summed E-state index contributed by atoms with van der Waals surface area (Å²) in [5.41, 5.74) is 0.581. The molecule has 0 amide bonds. The monoisotopic (exact) mass is 358 g/mol. The zero-order valence-corrected chi connectivity index (χ0v) is 11.4. The summed E-state index contributed by atoms with van der Waals surface area (Å²) in [5, 5.41) is 0. The molecule has 92 valence electrons. The first-order chi connectivity index (χ1) is 8.58. The molecular weight excluding hydrogens is 349 g/mol. The second-order valence-corrected chi connectivity index (χ2v) is 5.07. The molecular formula is C14H9F2IO. The molecule has 0 aromatic heterocycles. The predicted molar refractivity (Wildman–Crippen MR) is 73.6 cm³/mol. The molecule has 0 radical (unpaired) electrons. The van der Waals surface area contributed by atoms with E-state index in [4.69, 9.17) is 0 Å². The Hall–Kier alpha value is -1.30. The van der Waals surface area contributed by atoms with E-state index in [1.165, 1.54) is 12.1 Å². The van der Waals surface area contributed by atoms with Gasteiger partial charge in [0, 0.05) is 9.99 Å². The topological polar surface area (TPSA) is 17.1 Å². The molecule has 0 spiro atoms. The number of ketones is 1. The first-order valence-electron chi connectivity index (χ1n) is 5.29. The zero-order valence-electron chi connectivity index (χ0n) is 9.29. The molecule has 2 aromatic carbocycles. The fourth-order valence-corrected chi connectivity index (χ4v) is 1.96. The lowest BCUT2D eigenvalue weighted by Crippen LogP contribution is -2.07. The second kappa shape index (κ2) is 5.56. The van der Waals surface area contributed by atoms with Crippen molar-refractivity contribution in [2.24, 2.45) is 0 Å². The molecule has 0 fully saturated rings. The highest BCUT2D eigenvalue weighted by molar-refractivity contribution is 14.1. The van der Waals surface area contributed by atoms with E-state index in [1.54, 1.807) is 12.1 Å². The number of carbonyl (C=O) groups excluding carboxylic acids is 1. The van der Waals surface area contributed by atoms with Crippen molar-refractivity contribution in [3.8, 4) is 0 Å². The quantitative estimate of drug-likeness (QED) is 0.599. The maximum atomic E-state index is 13.4. The molecule has 0 aliphatic heterocycles. The molecule has 2 rings (SSSR count). The van der Waals surface area contributed by atoms with Crippen LogP contribution in [0.4, 0.5) is 8.78 Å². The Kier molecular flexibility index (Phi) is 4.06. The van der Waals surface area contributed by atoms with Crippen LogP contribution < -0.4 is 0 Å². The molecule has 18 heavy (non-hydrogen) atoms.